The van der Waals surface area contributed by atoms with E-state index in [1.165, 1.54) is 0 Å². The molecule has 1 heterocycles. The predicted octanol–water partition coefficient (Wildman–Crippen LogP) is 2.83. The van der Waals surface area contributed by atoms with Gasteiger partial charge in [0.05, 0.1) is 0 Å². The van der Waals surface area contributed by atoms with Gasteiger partial charge in [-0.15, -0.1) is 0 Å². The first-order valence-corrected chi connectivity index (χ1v) is 10.1. The van der Waals surface area contributed by atoms with Crippen LogP contribution in [0.4, 0.5) is 5.69 Å². The molecule has 2 amide bonds. The van der Waals surface area contributed by atoms with Gasteiger partial charge in [0.15, 0.2) is 6.61 Å². The second-order valence-corrected chi connectivity index (χ2v) is 7.49. The summed E-state index contributed by atoms with van der Waals surface area (Å²) in [7, 11) is 3.98. The topological polar surface area (TPSA) is 61.9 Å². The zero-order valence-corrected chi connectivity index (χ0v) is 17.1. The van der Waals surface area contributed by atoms with E-state index in [1.807, 2.05) is 73.6 Å². The highest BCUT2D eigenvalue weighted by molar-refractivity contribution is 5.88. The van der Waals surface area contributed by atoms with Gasteiger partial charge in [0.1, 0.15) is 11.8 Å². The fourth-order valence-electron chi connectivity index (χ4n) is 3.43. The number of benzene rings is 2. The van der Waals surface area contributed by atoms with E-state index in [2.05, 4.69) is 5.32 Å². The fourth-order valence-corrected chi connectivity index (χ4v) is 3.43. The molecule has 0 saturated carbocycles. The third-order valence-corrected chi connectivity index (χ3v) is 5.11. The standard InChI is InChI=1S/C23H29N3O3/c1-25(2)19-13-11-18(12-14-19)16-26(21-10-6-7-15-24-23(21)28)22(27)17-29-20-8-4-3-5-9-20/h3-5,8-9,11-14,21H,6-7,10,15-17H2,1-2H3,(H,24,28)/t21-/m0/s1. The smallest absolute Gasteiger partial charge is 0.261 e. The molecule has 0 aliphatic carbocycles. The van der Waals surface area contributed by atoms with Crippen LogP contribution >= 0.6 is 0 Å². The lowest BCUT2D eigenvalue weighted by Crippen LogP contribution is -2.49. The van der Waals surface area contributed by atoms with Gasteiger partial charge in [-0.2, -0.15) is 0 Å². The summed E-state index contributed by atoms with van der Waals surface area (Å²) in [6.45, 7) is 0.946. The number of rotatable bonds is 7. The van der Waals surface area contributed by atoms with Crippen molar-refractivity contribution >= 4 is 17.5 Å². The minimum atomic E-state index is -0.474. The normalized spacial score (nSPS) is 16.5. The van der Waals surface area contributed by atoms with Crippen LogP contribution in [0.25, 0.3) is 0 Å². The van der Waals surface area contributed by atoms with Gasteiger partial charge in [-0.3, -0.25) is 9.59 Å². The summed E-state index contributed by atoms with van der Waals surface area (Å²) in [5.41, 5.74) is 2.08. The molecule has 0 unspecified atom stereocenters. The molecule has 0 spiro atoms. The van der Waals surface area contributed by atoms with E-state index in [0.717, 1.165) is 24.1 Å². The lowest BCUT2D eigenvalue weighted by molar-refractivity contribution is -0.142. The minimum absolute atomic E-state index is 0.0829. The van der Waals surface area contributed by atoms with Crippen molar-refractivity contribution in [3.05, 3.63) is 60.2 Å². The molecule has 2 aromatic carbocycles. The number of hydrogen-bond donors (Lipinski definition) is 1. The molecule has 1 aliphatic heterocycles. The van der Waals surface area contributed by atoms with Crippen molar-refractivity contribution in [2.45, 2.75) is 31.8 Å². The van der Waals surface area contributed by atoms with Crippen LogP contribution < -0.4 is 15.0 Å². The van der Waals surface area contributed by atoms with Gasteiger partial charge < -0.3 is 19.9 Å². The maximum absolute atomic E-state index is 13.1. The largest absolute Gasteiger partial charge is 0.484 e. The van der Waals surface area contributed by atoms with Crippen molar-refractivity contribution in [2.24, 2.45) is 0 Å². The number of amides is 2. The SMILES string of the molecule is CN(C)c1ccc(CN(C(=O)COc2ccccc2)[C@H]2CCCCNC2=O)cc1. The number of nitrogens with one attached hydrogen (secondary N) is 1. The number of carbonyl (C=O) groups excluding carboxylic acids is 2. The quantitative estimate of drug-likeness (QED) is 0.783. The second kappa shape index (κ2) is 9.96. The Bertz CT molecular complexity index is 806. The highest BCUT2D eigenvalue weighted by atomic mass is 16.5. The molecular formula is C23H29N3O3. The summed E-state index contributed by atoms with van der Waals surface area (Å²) in [5.74, 6) is 0.370. The monoisotopic (exact) mass is 395 g/mol. The van der Waals surface area contributed by atoms with Crippen molar-refractivity contribution in [1.29, 1.82) is 0 Å². The van der Waals surface area contributed by atoms with E-state index >= 15 is 0 Å². The highest BCUT2D eigenvalue weighted by Gasteiger charge is 2.31. The zero-order valence-electron chi connectivity index (χ0n) is 17.1. The van der Waals surface area contributed by atoms with Crippen LogP contribution in [0.15, 0.2) is 54.6 Å². The van der Waals surface area contributed by atoms with Crippen molar-refractivity contribution in [3.8, 4) is 5.75 Å². The van der Waals surface area contributed by atoms with Crippen LogP contribution in [0.2, 0.25) is 0 Å². The third kappa shape index (κ3) is 5.73. The Balaban J connectivity index is 1.76. The molecule has 1 saturated heterocycles. The molecule has 0 radical (unpaired) electrons. The molecule has 0 bridgehead atoms. The lowest BCUT2D eigenvalue weighted by atomic mass is 10.1. The van der Waals surface area contributed by atoms with E-state index in [1.54, 1.807) is 4.90 Å². The maximum Gasteiger partial charge on any atom is 0.261 e. The molecule has 3 rings (SSSR count). The van der Waals surface area contributed by atoms with Crippen LogP contribution in [0.1, 0.15) is 24.8 Å². The highest BCUT2D eigenvalue weighted by Crippen LogP contribution is 2.19. The van der Waals surface area contributed by atoms with Crippen molar-refractivity contribution < 1.29 is 14.3 Å². The number of ether oxygens (including phenoxy) is 1. The van der Waals surface area contributed by atoms with E-state index < -0.39 is 6.04 Å². The third-order valence-electron chi connectivity index (χ3n) is 5.11. The summed E-state index contributed by atoms with van der Waals surface area (Å²) in [4.78, 5) is 29.4. The van der Waals surface area contributed by atoms with Gasteiger partial charge in [-0.25, -0.2) is 0 Å². The average molecular weight is 396 g/mol. The van der Waals surface area contributed by atoms with Crippen molar-refractivity contribution in [1.82, 2.24) is 10.2 Å². The molecule has 1 N–H and O–H groups in total. The molecule has 6 nitrogen and oxygen atoms in total. The Morgan fingerprint density at radius 3 is 2.48 bits per heavy atom. The van der Waals surface area contributed by atoms with Crippen molar-refractivity contribution in [3.63, 3.8) is 0 Å². The number of hydrogen-bond acceptors (Lipinski definition) is 4. The first-order chi connectivity index (χ1) is 14.0. The molecular weight excluding hydrogens is 366 g/mol. The molecule has 0 aromatic heterocycles. The first kappa shape index (κ1) is 20.7. The summed E-state index contributed by atoms with van der Waals surface area (Å²) in [5, 5.41) is 2.93. The Morgan fingerprint density at radius 1 is 1.07 bits per heavy atom. The summed E-state index contributed by atoms with van der Waals surface area (Å²) >= 11 is 0. The van der Waals surface area contributed by atoms with E-state index in [9.17, 15) is 9.59 Å². The van der Waals surface area contributed by atoms with Crippen LogP contribution in [0.3, 0.4) is 0 Å². The summed E-state index contributed by atoms with van der Waals surface area (Å²) < 4.78 is 5.66. The van der Waals surface area contributed by atoms with Gasteiger partial charge in [-0.05, 0) is 49.1 Å². The Labute approximate surface area is 172 Å². The Morgan fingerprint density at radius 2 is 1.79 bits per heavy atom. The lowest BCUT2D eigenvalue weighted by Gasteiger charge is -2.30. The summed E-state index contributed by atoms with van der Waals surface area (Å²) in [6, 6.07) is 16.8. The van der Waals surface area contributed by atoms with Crippen LogP contribution in [0, 0.1) is 0 Å². The van der Waals surface area contributed by atoms with Gasteiger partial charge in [0.25, 0.3) is 5.91 Å². The Kier molecular flexibility index (Phi) is 7.11. The second-order valence-electron chi connectivity index (χ2n) is 7.49. The molecule has 2 aromatic rings. The number of anilines is 1. The van der Waals surface area contributed by atoms with Crippen LogP contribution in [0.5, 0.6) is 5.75 Å². The first-order valence-electron chi connectivity index (χ1n) is 10.1. The van der Waals surface area contributed by atoms with E-state index in [4.69, 9.17) is 4.74 Å². The minimum Gasteiger partial charge on any atom is -0.484 e. The van der Waals surface area contributed by atoms with Gasteiger partial charge in [0, 0.05) is 32.9 Å². The number of carbonyl (C=O) groups is 2. The van der Waals surface area contributed by atoms with E-state index in [0.29, 0.717) is 25.3 Å². The maximum atomic E-state index is 13.1. The molecule has 154 valence electrons. The summed E-state index contributed by atoms with van der Waals surface area (Å²) in [6.07, 6.45) is 2.51. The molecule has 29 heavy (non-hydrogen) atoms. The van der Waals surface area contributed by atoms with Gasteiger partial charge in [0.2, 0.25) is 5.91 Å². The van der Waals surface area contributed by atoms with Gasteiger partial charge in [-0.1, -0.05) is 30.3 Å². The average Bonchev–Trinajstić information content (AvgIpc) is 2.95. The number of nitrogens with zero attached hydrogens (tertiary/aromatic N) is 2. The van der Waals surface area contributed by atoms with Crippen LogP contribution in [-0.4, -0.2) is 50.0 Å². The van der Waals surface area contributed by atoms with Crippen LogP contribution in [-0.2, 0) is 16.1 Å². The molecule has 6 heteroatoms. The predicted molar refractivity (Wildman–Crippen MR) is 114 cm³/mol. The molecule has 1 atom stereocenters. The van der Waals surface area contributed by atoms with E-state index in [-0.39, 0.29) is 18.4 Å². The van der Waals surface area contributed by atoms with Gasteiger partial charge >= 0.3 is 0 Å². The fraction of sp³-hybridized carbons (Fsp3) is 0.391. The number of para-hydroxylation sites is 1. The zero-order chi connectivity index (χ0) is 20.6. The molecule has 1 fully saturated rings. The molecule has 1 aliphatic rings. The Hall–Kier alpha value is -3.02. The van der Waals surface area contributed by atoms with Crippen molar-refractivity contribution in [2.75, 3.05) is 32.1 Å².